The Morgan fingerprint density at radius 3 is 2.42 bits per heavy atom. The second kappa shape index (κ2) is 9.13. The lowest BCUT2D eigenvalue weighted by atomic mass is 10.1. The summed E-state index contributed by atoms with van der Waals surface area (Å²) in [5.41, 5.74) is 0.780. The van der Waals surface area contributed by atoms with Crippen LogP contribution in [-0.2, 0) is 0 Å². The topological polar surface area (TPSA) is 20.3 Å². The zero-order chi connectivity index (χ0) is 14.1. The Bertz CT molecular complexity index is 392. The number of halogens is 1. The summed E-state index contributed by atoms with van der Waals surface area (Å²) in [5.74, 6) is 0.158. The van der Waals surface area contributed by atoms with Gasteiger partial charge in [0.15, 0.2) is 0 Å². The van der Waals surface area contributed by atoms with E-state index in [4.69, 9.17) is 0 Å². The lowest BCUT2D eigenvalue weighted by molar-refractivity contribution is 0.0750. The molecule has 0 radical (unpaired) electrons. The zero-order valence-corrected chi connectivity index (χ0v) is 13.6. The molecule has 0 bridgehead atoms. The molecule has 0 unspecified atom stereocenters. The van der Waals surface area contributed by atoms with Crippen LogP contribution in [0.15, 0.2) is 28.7 Å². The van der Waals surface area contributed by atoms with Gasteiger partial charge >= 0.3 is 0 Å². The first-order valence-corrected chi connectivity index (χ1v) is 8.03. The average Bonchev–Trinajstić information content (AvgIpc) is 2.42. The maximum absolute atomic E-state index is 12.5. The number of hydrogen-bond acceptors (Lipinski definition) is 1. The van der Waals surface area contributed by atoms with E-state index in [9.17, 15) is 4.79 Å². The molecule has 0 aliphatic heterocycles. The van der Waals surface area contributed by atoms with Crippen LogP contribution < -0.4 is 0 Å². The highest BCUT2D eigenvalue weighted by Crippen LogP contribution is 2.14. The van der Waals surface area contributed by atoms with Crippen LogP contribution in [0.3, 0.4) is 0 Å². The molecular formula is C16H24BrNO. The van der Waals surface area contributed by atoms with E-state index in [1.165, 1.54) is 12.8 Å². The number of benzene rings is 1. The summed E-state index contributed by atoms with van der Waals surface area (Å²) in [6, 6.07) is 7.67. The van der Waals surface area contributed by atoms with Crippen LogP contribution in [0.25, 0.3) is 0 Å². The number of rotatable bonds is 8. The first kappa shape index (κ1) is 16.2. The molecule has 0 aliphatic rings. The molecule has 1 amide bonds. The molecule has 0 heterocycles. The van der Waals surface area contributed by atoms with Crippen molar-refractivity contribution < 1.29 is 4.79 Å². The van der Waals surface area contributed by atoms with E-state index in [2.05, 4.69) is 29.8 Å². The Labute approximate surface area is 125 Å². The van der Waals surface area contributed by atoms with Crippen molar-refractivity contribution in [3.05, 3.63) is 34.3 Å². The molecule has 0 N–H and O–H groups in total. The van der Waals surface area contributed by atoms with Gasteiger partial charge in [-0.05, 0) is 31.0 Å². The van der Waals surface area contributed by atoms with E-state index in [0.29, 0.717) is 0 Å². The lowest BCUT2D eigenvalue weighted by Crippen LogP contribution is -2.33. The molecule has 2 nitrogen and oxygen atoms in total. The van der Waals surface area contributed by atoms with Gasteiger partial charge in [0.1, 0.15) is 0 Å². The van der Waals surface area contributed by atoms with E-state index in [1.807, 2.05) is 29.2 Å². The van der Waals surface area contributed by atoms with Crippen molar-refractivity contribution in [2.24, 2.45) is 0 Å². The van der Waals surface area contributed by atoms with Gasteiger partial charge in [-0.2, -0.15) is 0 Å². The standard InChI is InChI=1S/C16H24BrNO/c1-3-5-7-12-18(11-6-4-2)16(19)14-9-8-10-15(17)13-14/h8-10,13H,3-7,11-12H2,1-2H3. The van der Waals surface area contributed by atoms with Crippen LogP contribution in [0.1, 0.15) is 56.3 Å². The highest BCUT2D eigenvalue weighted by molar-refractivity contribution is 9.10. The molecule has 0 spiro atoms. The normalized spacial score (nSPS) is 10.5. The fraction of sp³-hybridized carbons (Fsp3) is 0.562. The van der Waals surface area contributed by atoms with E-state index in [1.54, 1.807) is 0 Å². The molecular weight excluding hydrogens is 302 g/mol. The Morgan fingerprint density at radius 1 is 1.11 bits per heavy atom. The molecule has 3 heteroatoms. The molecule has 0 saturated heterocycles. The van der Waals surface area contributed by atoms with Crippen LogP contribution in [0.4, 0.5) is 0 Å². The van der Waals surface area contributed by atoms with Crippen molar-refractivity contribution in [1.29, 1.82) is 0 Å². The molecule has 0 saturated carbocycles. The van der Waals surface area contributed by atoms with Gasteiger partial charge < -0.3 is 4.90 Å². The summed E-state index contributed by atoms with van der Waals surface area (Å²) < 4.78 is 0.961. The van der Waals surface area contributed by atoms with Crippen molar-refractivity contribution in [3.63, 3.8) is 0 Å². The van der Waals surface area contributed by atoms with Gasteiger partial charge in [-0.3, -0.25) is 4.79 Å². The first-order valence-electron chi connectivity index (χ1n) is 7.23. The highest BCUT2D eigenvalue weighted by Gasteiger charge is 2.14. The van der Waals surface area contributed by atoms with Gasteiger partial charge in [-0.25, -0.2) is 0 Å². The van der Waals surface area contributed by atoms with Gasteiger partial charge in [0, 0.05) is 23.1 Å². The average molecular weight is 326 g/mol. The molecule has 1 rings (SSSR count). The highest BCUT2D eigenvalue weighted by atomic mass is 79.9. The van der Waals surface area contributed by atoms with Crippen molar-refractivity contribution >= 4 is 21.8 Å². The number of amides is 1. The Hall–Kier alpha value is -0.830. The Kier molecular flexibility index (Phi) is 7.80. The number of carbonyl (C=O) groups is 1. The molecule has 1 aromatic rings. The summed E-state index contributed by atoms with van der Waals surface area (Å²) in [6.07, 6.45) is 5.67. The van der Waals surface area contributed by atoms with Crippen LogP contribution in [0.5, 0.6) is 0 Å². The lowest BCUT2D eigenvalue weighted by Gasteiger charge is -2.22. The molecule has 0 aliphatic carbocycles. The first-order chi connectivity index (χ1) is 9.19. The Morgan fingerprint density at radius 2 is 1.79 bits per heavy atom. The predicted octanol–water partition coefficient (Wildman–Crippen LogP) is 4.88. The molecule has 0 atom stereocenters. The van der Waals surface area contributed by atoms with Gasteiger partial charge in [-0.1, -0.05) is 55.1 Å². The molecule has 106 valence electrons. The van der Waals surface area contributed by atoms with Gasteiger partial charge in [0.25, 0.3) is 5.91 Å². The number of nitrogens with zero attached hydrogens (tertiary/aromatic N) is 1. The van der Waals surface area contributed by atoms with Crippen molar-refractivity contribution in [2.75, 3.05) is 13.1 Å². The van der Waals surface area contributed by atoms with Gasteiger partial charge in [0.2, 0.25) is 0 Å². The number of unbranched alkanes of at least 4 members (excludes halogenated alkanes) is 3. The number of carbonyl (C=O) groups excluding carboxylic acids is 1. The number of hydrogen-bond donors (Lipinski definition) is 0. The summed E-state index contributed by atoms with van der Waals surface area (Å²) >= 11 is 3.43. The maximum Gasteiger partial charge on any atom is 0.253 e. The second-order valence-electron chi connectivity index (χ2n) is 4.86. The third-order valence-corrected chi connectivity index (χ3v) is 3.67. The second-order valence-corrected chi connectivity index (χ2v) is 5.78. The fourth-order valence-corrected chi connectivity index (χ4v) is 2.42. The maximum atomic E-state index is 12.5. The minimum atomic E-state index is 0.158. The SMILES string of the molecule is CCCCCN(CCCC)C(=O)c1cccc(Br)c1. The quantitative estimate of drug-likeness (QED) is 0.623. The third kappa shape index (κ3) is 5.77. The largest absolute Gasteiger partial charge is 0.339 e. The third-order valence-electron chi connectivity index (χ3n) is 3.17. The molecule has 19 heavy (non-hydrogen) atoms. The van der Waals surface area contributed by atoms with E-state index in [-0.39, 0.29) is 5.91 Å². The molecule has 0 aromatic heterocycles. The molecule has 1 aromatic carbocycles. The van der Waals surface area contributed by atoms with Crippen LogP contribution in [-0.4, -0.2) is 23.9 Å². The smallest absolute Gasteiger partial charge is 0.253 e. The van der Waals surface area contributed by atoms with Crippen LogP contribution >= 0.6 is 15.9 Å². The van der Waals surface area contributed by atoms with Crippen molar-refractivity contribution in [2.45, 2.75) is 46.0 Å². The van der Waals surface area contributed by atoms with Gasteiger partial charge in [0.05, 0.1) is 0 Å². The predicted molar refractivity (Wildman–Crippen MR) is 84.5 cm³/mol. The minimum absolute atomic E-state index is 0.158. The summed E-state index contributed by atoms with van der Waals surface area (Å²) in [6.45, 7) is 6.09. The van der Waals surface area contributed by atoms with Crippen LogP contribution in [0.2, 0.25) is 0 Å². The Balaban J connectivity index is 2.69. The molecule has 0 fully saturated rings. The van der Waals surface area contributed by atoms with Crippen molar-refractivity contribution in [3.8, 4) is 0 Å². The van der Waals surface area contributed by atoms with Crippen molar-refractivity contribution in [1.82, 2.24) is 4.90 Å². The zero-order valence-electron chi connectivity index (χ0n) is 12.0. The summed E-state index contributed by atoms with van der Waals surface area (Å²) in [4.78, 5) is 14.5. The summed E-state index contributed by atoms with van der Waals surface area (Å²) in [7, 11) is 0. The van der Waals surface area contributed by atoms with E-state index in [0.717, 1.165) is 42.4 Å². The van der Waals surface area contributed by atoms with Gasteiger partial charge in [-0.15, -0.1) is 0 Å². The van der Waals surface area contributed by atoms with E-state index < -0.39 is 0 Å². The summed E-state index contributed by atoms with van der Waals surface area (Å²) in [5, 5.41) is 0. The fourth-order valence-electron chi connectivity index (χ4n) is 2.02. The minimum Gasteiger partial charge on any atom is -0.339 e. The van der Waals surface area contributed by atoms with E-state index >= 15 is 0 Å². The monoisotopic (exact) mass is 325 g/mol. The van der Waals surface area contributed by atoms with Crippen LogP contribution in [0, 0.1) is 0 Å².